The summed E-state index contributed by atoms with van der Waals surface area (Å²) in [6.45, 7) is 1.98. The van der Waals surface area contributed by atoms with E-state index < -0.39 is 0 Å². The lowest BCUT2D eigenvalue weighted by atomic mass is 9.96. The molecule has 0 radical (unpaired) electrons. The van der Waals surface area contributed by atoms with Gasteiger partial charge in [0.1, 0.15) is 5.82 Å². The molecule has 0 fully saturated rings. The van der Waals surface area contributed by atoms with Gasteiger partial charge in [0.05, 0.1) is 0 Å². The van der Waals surface area contributed by atoms with Crippen molar-refractivity contribution < 1.29 is 4.39 Å². The Morgan fingerprint density at radius 1 is 1.10 bits per heavy atom. The first-order chi connectivity index (χ1) is 9.47. The summed E-state index contributed by atoms with van der Waals surface area (Å²) in [4.78, 5) is 2.05. The Hall–Kier alpha value is -1.87. The van der Waals surface area contributed by atoms with E-state index in [4.69, 9.17) is 5.73 Å². The average Bonchev–Trinajstić information content (AvgIpc) is 2.43. The molecule has 0 aliphatic heterocycles. The van der Waals surface area contributed by atoms with E-state index in [-0.39, 0.29) is 11.9 Å². The lowest BCUT2D eigenvalue weighted by Crippen LogP contribution is -2.15. The Bertz CT molecular complexity index is 576. The van der Waals surface area contributed by atoms with Gasteiger partial charge in [-0.3, -0.25) is 0 Å². The highest BCUT2D eigenvalue weighted by atomic mass is 19.1. The van der Waals surface area contributed by atoms with Crippen LogP contribution in [0.2, 0.25) is 0 Å². The zero-order chi connectivity index (χ0) is 14.7. The van der Waals surface area contributed by atoms with Crippen LogP contribution in [0.25, 0.3) is 0 Å². The summed E-state index contributed by atoms with van der Waals surface area (Å²) in [5.74, 6) is -0.208. The largest absolute Gasteiger partial charge is 0.378 e. The molecule has 106 valence electrons. The zero-order valence-electron chi connectivity index (χ0n) is 12.2. The molecule has 2 rings (SSSR count). The topological polar surface area (TPSA) is 29.3 Å². The van der Waals surface area contributed by atoms with Crippen LogP contribution in [0.15, 0.2) is 42.5 Å². The minimum absolute atomic E-state index is 0.119. The molecule has 1 atom stereocenters. The van der Waals surface area contributed by atoms with Crippen LogP contribution in [0.1, 0.15) is 22.7 Å². The van der Waals surface area contributed by atoms with Gasteiger partial charge in [-0.1, -0.05) is 18.2 Å². The molecule has 0 saturated heterocycles. The molecule has 0 aliphatic carbocycles. The summed E-state index contributed by atoms with van der Waals surface area (Å²) in [7, 11) is 4.01. The second-order valence-electron chi connectivity index (χ2n) is 5.37. The molecule has 2 nitrogen and oxygen atoms in total. The van der Waals surface area contributed by atoms with Crippen molar-refractivity contribution in [1.82, 2.24) is 0 Å². The van der Waals surface area contributed by atoms with Crippen molar-refractivity contribution >= 4 is 5.69 Å². The molecule has 0 spiro atoms. The van der Waals surface area contributed by atoms with E-state index >= 15 is 0 Å². The van der Waals surface area contributed by atoms with E-state index in [0.29, 0.717) is 6.42 Å². The molecule has 0 heterocycles. The Labute approximate surface area is 120 Å². The van der Waals surface area contributed by atoms with Crippen LogP contribution in [-0.2, 0) is 6.42 Å². The summed E-state index contributed by atoms with van der Waals surface area (Å²) in [6, 6.07) is 12.9. The number of halogens is 1. The first kappa shape index (κ1) is 14.5. The lowest BCUT2D eigenvalue weighted by Gasteiger charge is -2.17. The second-order valence-corrected chi connectivity index (χ2v) is 5.37. The summed E-state index contributed by atoms with van der Waals surface area (Å²) < 4.78 is 13.3. The maximum Gasteiger partial charge on any atom is 0.123 e. The fourth-order valence-electron chi connectivity index (χ4n) is 2.23. The monoisotopic (exact) mass is 272 g/mol. The quantitative estimate of drug-likeness (QED) is 0.923. The van der Waals surface area contributed by atoms with Crippen LogP contribution in [-0.4, -0.2) is 14.1 Å². The van der Waals surface area contributed by atoms with Gasteiger partial charge in [0.2, 0.25) is 0 Å². The van der Waals surface area contributed by atoms with Gasteiger partial charge in [0.25, 0.3) is 0 Å². The first-order valence-electron chi connectivity index (χ1n) is 6.75. The first-order valence-corrected chi connectivity index (χ1v) is 6.75. The molecular weight excluding hydrogens is 251 g/mol. The van der Waals surface area contributed by atoms with Crippen molar-refractivity contribution in [2.75, 3.05) is 19.0 Å². The second kappa shape index (κ2) is 6.06. The van der Waals surface area contributed by atoms with E-state index in [9.17, 15) is 4.39 Å². The Kier molecular flexibility index (Phi) is 4.40. The third kappa shape index (κ3) is 3.36. The molecule has 0 aliphatic rings. The van der Waals surface area contributed by atoms with Crippen molar-refractivity contribution in [3.05, 3.63) is 65.0 Å². The van der Waals surface area contributed by atoms with E-state index in [2.05, 4.69) is 0 Å². The average molecular weight is 272 g/mol. The zero-order valence-corrected chi connectivity index (χ0v) is 12.2. The van der Waals surface area contributed by atoms with Gasteiger partial charge in [-0.05, 0) is 54.3 Å². The minimum Gasteiger partial charge on any atom is -0.378 e. The van der Waals surface area contributed by atoms with Gasteiger partial charge in [-0.15, -0.1) is 0 Å². The number of benzene rings is 2. The van der Waals surface area contributed by atoms with Gasteiger partial charge >= 0.3 is 0 Å². The predicted octanol–water partition coefficient (Wildman–Crippen LogP) is 3.44. The summed E-state index contributed by atoms with van der Waals surface area (Å²) in [5, 5.41) is 0. The highest BCUT2D eigenvalue weighted by Gasteiger charge is 2.10. The number of nitrogens with zero attached hydrogens (tertiary/aromatic N) is 1. The van der Waals surface area contributed by atoms with Gasteiger partial charge in [0, 0.05) is 25.8 Å². The van der Waals surface area contributed by atoms with Crippen LogP contribution in [0.3, 0.4) is 0 Å². The Morgan fingerprint density at radius 2 is 1.75 bits per heavy atom. The van der Waals surface area contributed by atoms with Crippen LogP contribution < -0.4 is 10.6 Å². The molecule has 3 heteroatoms. The molecule has 20 heavy (non-hydrogen) atoms. The van der Waals surface area contributed by atoms with E-state index in [1.807, 2.05) is 50.2 Å². The maximum atomic E-state index is 13.3. The highest BCUT2D eigenvalue weighted by molar-refractivity contribution is 5.46. The number of hydrogen-bond donors (Lipinski definition) is 1. The van der Waals surface area contributed by atoms with E-state index in [1.165, 1.54) is 6.07 Å². The molecule has 0 saturated carbocycles. The number of aryl methyl sites for hydroxylation is 1. The predicted molar refractivity (Wildman–Crippen MR) is 82.5 cm³/mol. The lowest BCUT2D eigenvalue weighted by molar-refractivity contribution is 0.621. The SMILES string of the molecule is Cc1ccc(F)cc1CC(N)c1ccc(N(C)C)cc1. The highest BCUT2D eigenvalue weighted by Crippen LogP contribution is 2.21. The van der Waals surface area contributed by atoms with E-state index in [0.717, 1.165) is 22.4 Å². The van der Waals surface area contributed by atoms with Gasteiger partial charge in [-0.25, -0.2) is 4.39 Å². The number of anilines is 1. The van der Waals surface area contributed by atoms with Crippen molar-refractivity contribution in [2.45, 2.75) is 19.4 Å². The molecule has 0 bridgehead atoms. The summed E-state index contributed by atoms with van der Waals surface area (Å²) >= 11 is 0. The molecule has 0 aromatic heterocycles. The van der Waals surface area contributed by atoms with Crippen LogP contribution in [0.5, 0.6) is 0 Å². The van der Waals surface area contributed by atoms with Gasteiger partial charge < -0.3 is 10.6 Å². The summed E-state index contributed by atoms with van der Waals surface area (Å²) in [5.41, 5.74) is 10.5. The van der Waals surface area contributed by atoms with E-state index in [1.54, 1.807) is 12.1 Å². The minimum atomic E-state index is -0.208. The van der Waals surface area contributed by atoms with Crippen molar-refractivity contribution in [2.24, 2.45) is 5.73 Å². The number of rotatable bonds is 4. The third-order valence-electron chi connectivity index (χ3n) is 3.59. The Balaban J connectivity index is 2.15. The third-order valence-corrected chi connectivity index (χ3v) is 3.59. The summed E-state index contributed by atoms with van der Waals surface area (Å²) in [6.07, 6.45) is 0.644. The van der Waals surface area contributed by atoms with Crippen molar-refractivity contribution in [1.29, 1.82) is 0 Å². The Morgan fingerprint density at radius 3 is 2.35 bits per heavy atom. The van der Waals surface area contributed by atoms with Crippen LogP contribution in [0.4, 0.5) is 10.1 Å². The van der Waals surface area contributed by atoms with Crippen molar-refractivity contribution in [3.63, 3.8) is 0 Å². The smallest absolute Gasteiger partial charge is 0.123 e. The molecule has 2 aromatic carbocycles. The number of hydrogen-bond acceptors (Lipinski definition) is 2. The van der Waals surface area contributed by atoms with Crippen LogP contribution in [0, 0.1) is 12.7 Å². The fraction of sp³-hybridized carbons (Fsp3) is 0.294. The molecular formula is C17H21FN2. The molecule has 2 N–H and O–H groups in total. The number of nitrogens with two attached hydrogens (primary N) is 1. The molecule has 2 aromatic rings. The van der Waals surface area contributed by atoms with Crippen molar-refractivity contribution in [3.8, 4) is 0 Å². The van der Waals surface area contributed by atoms with Gasteiger partial charge in [-0.2, -0.15) is 0 Å². The molecule has 1 unspecified atom stereocenters. The normalized spacial score (nSPS) is 12.2. The standard InChI is InChI=1S/C17H21FN2/c1-12-4-7-15(18)10-14(12)11-17(19)13-5-8-16(9-6-13)20(2)3/h4-10,17H,11,19H2,1-3H3. The van der Waals surface area contributed by atoms with Gasteiger partial charge in [0.15, 0.2) is 0 Å². The fourth-order valence-corrected chi connectivity index (χ4v) is 2.23. The molecule has 0 amide bonds. The maximum absolute atomic E-state index is 13.3. The van der Waals surface area contributed by atoms with Crippen LogP contribution >= 0.6 is 0 Å².